The highest BCUT2D eigenvalue weighted by molar-refractivity contribution is 5.69. The molecule has 0 saturated carbocycles. The van der Waals surface area contributed by atoms with Crippen molar-refractivity contribution in [3.05, 3.63) is 0 Å². The molecule has 1 unspecified atom stereocenters. The van der Waals surface area contributed by atoms with Gasteiger partial charge >= 0.3 is 5.97 Å². The Hall–Kier alpha value is -0.570. The Kier molecular flexibility index (Phi) is 5.72. The fourth-order valence-corrected chi connectivity index (χ4v) is 0.637. The molecule has 0 heterocycles. The molecule has 0 spiro atoms. The molecule has 3 heteroatoms. The molecule has 0 radical (unpaired) electrons. The molecule has 0 rings (SSSR count). The van der Waals surface area contributed by atoms with Crippen LogP contribution in [0.3, 0.4) is 0 Å². The van der Waals surface area contributed by atoms with E-state index in [4.69, 9.17) is 9.47 Å². The SMILES string of the molecule is COC(C)CC(=O)OCC(C)C. The molecule has 0 N–H and O–H groups in total. The van der Waals surface area contributed by atoms with Crippen molar-refractivity contribution in [2.24, 2.45) is 5.92 Å². The summed E-state index contributed by atoms with van der Waals surface area (Å²) in [5.41, 5.74) is 0. The fourth-order valence-electron chi connectivity index (χ4n) is 0.637. The number of ether oxygens (including phenoxy) is 2. The van der Waals surface area contributed by atoms with Crippen molar-refractivity contribution in [1.82, 2.24) is 0 Å². The van der Waals surface area contributed by atoms with Crippen LogP contribution >= 0.6 is 0 Å². The maximum absolute atomic E-state index is 11.0. The van der Waals surface area contributed by atoms with E-state index in [-0.39, 0.29) is 12.1 Å². The number of rotatable bonds is 5. The largest absolute Gasteiger partial charge is 0.465 e. The third kappa shape index (κ3) is 6.16. The van der Waals surface area contributed by atoms with Crippen molar-refractivity contribution < 1.29 is 14.3 Å². The number of esters is 1. The highest BCUT2D eigenvalue weighted by Crippen LogP contribution is 2.00. The van der Waals surface area contributed by atoms with Gasteiger partial charge in [-0.2, -0.15) is 0 Å². The second-order valence-corrected chi connectivity index (χ2v) is 3.33. The van der Waals surface area contributed by atoms with Crippen LogP contribution in [0, 0.1) is 5.92 Å². The van der Waals surface area contributed by atoms with Gasteiger partial charge in [0, 0.05) is 7.11 Å². The number of carbonyl (C=O) groups is 1. The highest BCUT2D eigenvalue weighted by atomic mass is 16.5. The van der Waals surface area contributed by atoms with Crippen LogP contribution in [0.2, 0.25) is 0 Å². The molecule has 3 nitrogen and oxygen atoms in total. The lowest BCUT2D eigenvalue weighted by Crippen LogP contribution is -2.16. The molecule has 0 aliphatic carbocycles. The zero-order valence-electron chi connectivity index (χ0n) is 8.29. The Morgan fingerprint density at radius 3 is 2.33 bits per heavy atom. The van der Waals surface area contributed by atoms with E-state index in [1.807, 2.05) is 20.8 Å². The molecule has 0 aliphatic heterocycles. The maximum atomic E-state index is 11.0. The van der Waals surface area contributed by atoms with Gasteiger partial charge in [-0.3, -0.25) is 4.79 Å². The third-order valence-corrected chi connectivity index (χ3v) is 1.43. The van der Waals surface area contributed by atoms with Gasteiger partial charge in [-0.1, -0.05) is 13.8 Å². The van der Waals surface area contributed by atoms with Crippen LogP contribution in [0.5, 0.6) is 0 Å². The van der Waals surface area contributed by atoms with Gasteiger partial charge in [0.15, 0.2) is 0 Å². The molecule has 0 fully saturated rings. The second-order valence-electron chi connectivity index (χ2n) is 3.33. The second kappa shape index (κ2) is 6.00. The lowest BCUT2D eigenvalue weighted by Gasteiger charge is -2.10. The Bertz CT molecular complexity index is 132. The molecular formula is C9H18O3. The Balaban J connectivity index is 3.46. The van der Waals surface area contributed by atoms with E-state index >= 15 is 0 Å². The van der Waals surface area contributed by atoms with Gasteiger partial charge < -0.3 is 9.47 Å². The first-order valence-corrected chi connectivity index (χ1v) is 4.24. The monoisotopic (exact) mass is 174 g/mol. The van der Waals surface area contributed by atoms with Gasteiger partial charge in [-0.15, -0.1) is 0 Å². The molecule has 0 aromatic carbocycles. The van der Waals surface area contributed by atoms with E-state index in [1.165, 1.54) is 0 Å². The molecule has 72 valence electrons. The first-order chi connectivity index (χ1) is 5.56. The van der Waals surface area contributed by atoms with Crippen molar-refractivity contribution in [2.45, 2.75) is 33.3 Å². The van der Waals surface area contributed by atoms with Gasteiger partial charge in [0.2, 0.25) is 0 Å². The number of hydrogen-bond acceptors (Lipinski definition) is 3. The highest BCUT2D eigenvalue weighted by Gasteiger charge is 2.09. The predicted octanol–water partition coefficient (Wildman–Crippen LogP) is 1.61. The van der Waals surface area contributed by atoms with Crippen molar-refractivity contribution in [1.29, 1.82) is 0 Å². The van der Waals surface area contributed by atoms with Crippen LogP contribution in [-0.2, 0) is 14.3 Å². The summed E-state index contributed by atoms with van der Waals surface area (Å²) in [6.07, 6.45) is 0.285. The molecular weight excluding hydrogens is 156 g/mol. The molecule has 0 aromatic heterocycles. The minimum Gasteiger partial charge on any atom is -0.465 e. The summed E-state index contributed by atoms with van der Waals surface area (Å²) in [6.45, 7) is 6.35. The van der Waals surface area contributed by atoms with Crippen LogP contribution in [0.25, 0.3) is 0 Å². The van der Waals surface area contributed by atoms with Crippen LogP contribution in [0.1, 0.15) is 27.2 Å². The minimum atomic E-state index is -0.182. The van der Waals surface area contributed by atoms with Gasteiger partial charge in [0.1, 0.15) is 0 Å². The van der Waals surface area contributed by atoms with E-state index in [0.29, 0.717) is 18.9 Å². The summed E-state index contributed by atoms with van der Waals surface area (Å²) in [7, 11) is 1.58. The zero-order chi connectivity index (χ0) is 9.56. The first kappa shape index (κ1) is 11.4. The molecule has 0 amide bonds. The van der Waals surface area contributed by atoms with Gasteiger partial charge in [0.05, 0.1) is 19.1 Å². The van der Waals surface area contributed by atoms with E-state index in [9.17, 15) is 4.79 Å². The molecule has 0 bridgehead atoms. The van der Waals surface area contributed by atoms with E-state index in [1.54, 1.807) is 7.11 Å². The summed E-state index contributed by atoms with van der Waals surface area (Å²) >= 11 is 0. The van der Waals surface area contributed by atoms with Gasteiger partial charge in [0.25, 0.3) is 0 Å². The smallest absolute Gasteiger partial charge is 0.308 e. The first-order valence-electron chi connectivity index (χ1n) is 4.24. The Morgan fingerprint density at radius 1 is 1.33 bits per heavy atom. The average molecular weight is 174 g/mol. The lowest BCUT2D eigenvalue weighted by atomic mass is 10.2. The van der Waals surface area contributed by atoms with Crippen LogP contribution < -0.4 is 0 Å². The van der Waals surface area contributed by atoms with E-state index in [0.717, 1.165) is 0 Å². The Morgan fingerprint density at radius 2 is 1.92 bits per heavy atom. The molecule has 0 aliphatic rings. The van der Waals surface area contributed by atoms with Crippen LogP contribution in [-0.4, -0.2) is 25.8 Å². The number of hydrogen-bond donors (Lipinski definition) is 0. The van der Waals surface area contributed by atoms with Crippen molar-refractivity contribution in [2.75, 3.05) is 13.7 Å². The van der Waals surface area contributed by atoms with Gasteiger partial charge in [-0.05, 0) is 12.8 Å². The number of carbonyl (C=O) groups excluding carboxylic acids is 1. The predicted molar refractivity (Wildman–Crippen MR) is 46.9 cm³/mol. The standard InChI is InChI=1S/C9H18O3/c1-7(2)6-12-9(10)5-8(3)11-4/h7-8H,5-6H2,1-4H3. The summed E-state index contributed by atoms with van der Waals surface area (Å²) in [4.78, 5) is 11.0. The average Bonchev–Trinajstić information content (AvgIpc) is 2.00. The summed E-state index contributed by atoms with van der Waals surface area (Å²) in [6, 6.07) is 0. The molecule has 12 heavy (non-hydrogen) atoms. The zero-order valence-corrected chi connectivity index (χ0v) is 8.29. The summed E-state index contributed by atoms with van der Waals surface area (Å²) in [5.74, 6) is 0.213. The van der Waals surface area contributed by atoms with Crippen molar-refractivity contribution in [3.8, 4) is 0 Å². The minimum absolute atomic E-state index is 0.0512. The van der Waals surface area contributed by atoms with Crippen molar-refractivity contribution >= 4 is 5.97 Å². The quantitative estimate of drug-likeness (QED) is 0.594. The fraction of sp³-hybridized carbons (Fsp3) is 0.889. The Labute approximate surface area is 74.0 Å². The third-order valence-electron chi connectivity index (χ3n) is 1.43. The molecule has 0 aromatic rings. The summed E-state index contributed by atoms with van der Waals surface area (Å²) < 4.78 is 9.88. The molecule has 1 atom stereocenters. The van der Waals surface area contributed by atoms with E-state index < -0.39 is 0 Å². The van der Waals surface area contributed by atoms with Gasteiger partial charge in [-0.25, -0.2) is 0 Å². The lowest BCUT2D eigenvalue weighted by molar-refractivity contribution is -0.147. The van der Waals surface area contributed by atoms with E-state index in [2.05, 4.69) is 0 Å². The normalized spacial score (nSPS) is 13.1. The maximum Gasteiger partial charge on any atom is 0.308 e. The van der Waals surface area contributed by atoms with Crippen LogP contribution in [0.4, 0.5) is 0 Å². The van der Waals surface area contributed by atoms with Crippen molar-refractivity contribution in [3.63, 3.8) is 0 Å². The summed E-state index contributed by atoms with van der Waals surface area (Å²) in [5, 5.41) is 0. The number of methoxy groups -OCH3 is 1. The van der Waals surface area contributed by atoms with Crippen LogP contribution in [0.15, 0.2) is 0 Å². The topological polar surface area (TPSA) is 35.5 Å². The molecule has 0 saturated heterocycles.